The molecule has 0 saturated carbocycles. The quantitative estimate of drug-likeness (QED) is 0.542. The highest BCUT2D eigenvalue weighted by Gasteiger charge is 2.33. The Morgan fingerprint density at radius 3 is 2.32 bits per heavy atom. The van der Waals surface area contributed by atoms with E-state index < -0.39 is 0 Å². The molecule has 0 spiro atoms. The summed E-state index contributed by atoms with van der Waals surface area (Å²) in [6, 6.07) is 23.9. The summed E-state index contributed by atoms with van der Waals surface area (Å²) in [6.07, 6.45) is 1.37. The van der Waals surface area contributed by atoms with Crippen LogP contribution in [0.25, 0.3) is 0 Å². The van der Waals surface area contributed by atoms with E-state index in [9.17, 15) is 9.59 Å². The van der Waals surface area contributed by atoms with Crippen molar-refractivity contribution >= 4 is 17.9 Å². The Bertz CT molecular complexity index is 1080. The monoisotopic (exact) mass is 414 g/mol. The summed E-state index contributed by atoms with van der Waals surface area (Å²) in [5.74, 6) is 1.03. The van der Waals surface area contributed by atoms with Crippen LogP contribution in [0.5, 0.6) is 11.5 Å². The zero-order chi connectivity index (χ0) is 21.6. The largest absolute Gasteiger partial charge is 0.497 e. The van der Waals surface area contributed by atoms with Crippen molar-refractivity contribution in [2.24, 2.45) is 5.10 Å². The van der Waals surface area contributed by atoms with E-state index in [0.29, 0.717) is 17.7 Å². The number of benzene rings is 3. The van der Waals surface area contributed by atoms with E-state index in [1.807, 2.05) is 54.6 Å². The maximum absolute atomic E-state index is 13.0. The summed E-state index contributed by atoms with van der Waals surface area (Å²) in [6.45, 7) is -0.154. The third kappa shape index (κ3) is 4.64. The summed E-state index contributed by atoms with van der Waals surface area (Å²) in [5.41, 5.74) is 3.36. The third-order valence-electron chi connectivity index (χ3n) is 5.15. The van der Waals surface area contributed by atoms with Gasteiger partial charge in [-0.3, -0.25) is 9.59 Å². The Labute approximate surface area is 180 Å². The maximum Gasteiger partial charge on any atom is 0.281 e. The Kier molecular flexibility index (Phi) is 6.08. The smallest absolute Gasteiger partial charge is 0.281 e. The van der Waals surface area contributed by atoms with Gasteiger partial charge in [0, 0.05) is 12.0 Å². The van der Waals surface area contributed by atoms with E-state index in [0.717, 1.165) is 28.9 Å². The van der Waals surface area contributed by atoms with Crippen LogP contribution < -0.4 is 9.47 Å². The first kappa shape index (κ1) is 20.3. The minimum Gasteiger partial charge on any atom is -0.497 e. The van der Waals surface area contributed by atoms with Crippen molar-refractivity contribution in [1.29, 1.82) is 0 Å². The lowest BCUT2D eigenvalue weighted by atomic mass is 9.98. The van der Waals surface area contributed by atoms with Gasteiger partial charge in [0.25, 0.3) is 5.91 Å². The number of rotatable bonds is 7. The van der Waals surface area contributed by atoms with Crippen LogP contribution in [0.2, 0.25) is 0 Å². The van der Waals surface area contributed by atoms with Gasteiger partial charge in [0.2, 0.25) is 0 Å². The molecule has 0 radical (unpaired) electrons. The first-order valence-corrected chi connectivity index (χ1v) is 9.95. The standard InChI is InChI=1S/C25H22N2O4/c1-30-21-13-9-20(10-14-21)24-15-23(19-5-3-2-4-6-19)26-27(24)25(29)17-31-22-11-7-18(16-28)8-12-22/h2-14,16,24H,15,17H2,1H3. The number of hydrogen-bond acceptors (Lipinski definition) is 5. The van der Waals surface area contributed by atoms with Crippen LogP contribution in [0.3, 0.4) is 0 Å². The molecule has 0 saturated heterocycles. The number of hydrazone groups is 1. The number of methoxy groups -OCH3 is 1. The van der Waals surface area contributed by atoms with Crippen molar-refractivity contribution in [1.82, 2.24) is 5.01 Å². The van der Waals surface area contributed by atoms with E-state index in [4.69, 9.17) is 9.47 Å². The average molecular weight is 414 g/mol. The normalized spacial score (nSPS) is 15.3. The molecule has 0 fully saturated rings. The van der Waals surface area contributed by atoms with Crippen molar-refractivity contribution in [2.75, 3.05) is 13.7 Å². The van der Waals surface area contributed by atoms with Crippen LogP contribution in [0.1, 0.15) is 33.9 Å². The van der Waals surface area contributed by atoms with E-state index >= 15 is 0 Å². The molecule has 1 atom stereocenters. The lowest BCUT2D eigenvalue weighted by Crippen LogP contribution is -2.31. The van der Waals surface area contributed by atoms with Gasteiger partial charge in [0.15, 0.2) is 6.61 Å². The summed E-state index contributed by atoms with van der Waals surface area (Å²) < 4.78 is 10.9. The van der Waals surface area contributed by atoms with Gasteiger partial charge in [0.05, 0.1) is 18.9 Å². The minimum atomic E-state index is -0.244. The second kappa shape index (κ2) is 9.26. The number of hydrogen-bond donors (Lipinski definition) is 0. The van der Waals surface area contributed by atoms with Crippen molar-refractivity contribution in [2.45, 2.75) is 12.5 Å². The predicted molar refractivity (Wildman–Crippen MR) is 118 cm³/mol. The topological polar surface area (TPSA) is 68.2 Å². The molecule has 31 heavy (non-hydrogen) atoms. The van der Waals surface area contributed by atoms with E-state index in [2.05, 4.69) is 5.10 Å². The van der Waals surface area contributed by atoms with Crippen LogP contribution in [0, 0.1) is 0 Å². The van der Waals surface area contributed by atoms with Crippen molar-refractivity contribution in [3.63, 3.8) is 0 Å². The number of nitrogens with zero attached hydrogens (tertiary/aromatic N) is 2. The molecule has 0 aromatic heterocycles. The molecule has 1 amide bonds. The molecular formula is C25H22N2O4. The molecule has 3 aromatic carbocycles. The number of carbonyl (C=O) groups excluding carboxylic acids is 2. The molecule has 1 aliphatic rings. The van der Waals surface area contributed by atoms with Gasteiger partial charge >= 0.3 is 0 Å². The summed E-state index contributed by atoms with van der Waals surface area (Å²) in [4.78, 5) is 23.8. The molecule has 4 rings (SSSR count). The van der Waals surface area contributed by atoms with Gasteiger partial charge in [0.1, 0.15) is 17.8 Å². The third-order valence-corrected chi connectivity index (χ3v) is 5.15. The van der Waals surface area contributed by atoms with Crippen LogP contribution in [0.15, 0.2) is 84.0 Å². The lowest BCUT2D eigenvalue weighted by molar-refractivity contribution is -0.135. The van der Waals surface area contributed by atoms with Crippen molar-refractivity contribution in [3.05, 3.63) is 95.6 Å². The summed E-state index contributed by atoms with van der Waals surface area (Å²) in [5, 5.41) is 6.15. The fraction of sp³-hybridized carbons (Fsp3) is 0.160. The molecule has 0 aliphatic carbocycles. The predicted octanol–water partition coefficient (Wildman–Crippen LogP) is 4.26. The number of aldehydes is 1. The fourth-order valence-corrected chi connectivity index (χ4v) is 3.48. The average Bonchev–Trinajstić information content (AvgIpc) is 3.29. The highest BCUT2D eigenvalue weighted by Crippen LogP contribution is 2.33. The second-order valence-electron chi connectivity index (χ2n) is 7.12. The van der Waals surface area contributed by atoms with Gasteiger partial charge in [-0.05, 0) is 47.5 Å². The maximum atomic E-state index is 13.0. The van der Waals surface area contributed by atoms with Crippen molar-refractivity contribution in [3.8, 4) is 11.5 Å². The zero-order valence-electron chi connectivity index (χ0n) is 17.1. The Morgan fingerprint density at radius 2 is 1.68 bits per heavy atom. The zero-order valence-corrected chi connectivity index (χ0v) is 17.1. The first-order chi connectivity index (χ1) is 15.2. The molecule has 1 heterocycles. The molecule has 0 bridgehead atoms. The first-order valence-electron chi connectivity index (χ1n) is 9.95. The SMILES string of the molecule is COc1ccc(C2CC(c3ccccc3)=NN2C(=O)COc2ccc(C=O)cc2)cc1. The molecule has 3 aromatic rings. The van der Waals surface area contributed by atoms with Crippen molar-refractivity contribution < 1.29 is 19.1 Å². The van der Waals surface area contributed by atoms with Crippen LogP contribution in [-0.4, -0.2) is 36.6 Å². The molecule has 156 valence electrons. The lowest BCUT2D eigenvalue weighted by Gasteiger charge is -2.22. The highest BCUT2D eigenvalue weighted by molar-refractivity contribution is 6.03. The number of ether oxygens (including phenoxy) is 2. The summed E-state index contributed by atoms with van der Waals surface area (Å²) >= 11 is 0. The van der Waals surface area contributed by atoms with Gasteiger partial charge in [-0.25, -0.2) is 5.01 Å². The van der Waals surface area contributed by atoms with Crippen LogP contribution in [-0.2, 0) is 4.79 Å². The highest BCUT2D eigenvalue weighted by atomic mass is 16.5. The molecule has 6 heteroatoms. The van der Waals surface area contributed by atoms with Gasteiger partial charge in [-0.15, -0.1) is 0 Å². The Morgan fingerprint density at radius 1 is 1.00 bits per heavy atom. The van der Waals surface area contributed by atoms with Gasteiger partial charge < -0.3 is 9.47 Å². The van der Waals surface area contributed by atoms with Crippen LogP contribution >= 0.6 is 0 Å². The molecule has 0 N–H and O–H groups in total. The number of amides is 1. The minimum absolute atomic E-state index is 0.154. The van der Waals surface area contributed by atoms with Gasteiger partial charge in [-0.2, -0.15) is 5.10 Å². The molecular weight excluding hydrogens is 392 g/mol. The molecule has 1 aliphatic heterocycles. The fourth-order valence-electron chi connectivity index (χ4n) is 3.48. The Hall–Kier alpha value is -3.93. The Balaban J connectivity index is 1.55. The molecule has 6 nitrogen and oxygen atoms in total. The number of carbonyl (C=O) groups is 2. The van der Waals surface area contributed by atoms with Crippen LogP contribution in [0.4, 0.5) is 0 Å². The second-order valence-corrected chi connectivity index (χ2v) is 7.12. The summed E-state index contributed by atoms with van der Waals surface area (Å²) in [7, 11) is 1.62. The van der Waals surface area contributed by atoms with Gasteiger partial charge in [-0.1, -0.05) is 42.5 Å². The van der Waals surface area contributed by atoms with E-state index in [-0.39, 0.29) is 18.6 Å². The molecule has 1 unspecified atom stereocenters. The van der Waals surface area contributed by atoms with E-state index in [1.165, 1.54) is 5.01 Å². The van der Waals surface area contributed by atoms with E-state index in [1.54, 1.807) is 31.4 Å².